The summed E-state index contributed by atoms with van der Waals surface area (Å²) in [6.07, 6.45) is 2.09. The maximum Gasteiger partial charge on any atom is 0.332 e. The molecule has 0 aliphatic carbocycles. The van der Waals surface area contributed by atoms with E-state index in [1.807, 2.05) is 54.8 Å². The normalized spacial score (nSPS) is 18.3. The Hall–Kier alpha value is -4.35. The second-order valence-electron chi connectivity index (χ2n) is 9.37. The van der Waals surface area contributed by atoms with Gasteiger partial charge in [-0.3, -0.25) is 9.59 Å². The minimum Gasteiger partial charge on any atom is -0.352 e. The molecular formula is C30H26N4O3S. The summed E-state index contributed by atoms with van der Waals surface area (Å²) in [6.45, 7) is 2.79. The van der Waals surface area contributed by atoms with E-state index in [2.05, 4.69) is 11.4 Å². The lowest BCUT2D eigenvalue weighted by atomic mass is 10.0. The van der Waals surface area contributed by atoms with E-state index in [0.29, 0.717) is 24.3 Å². The summed E-state index contributed by atoms with van der Waals surface area (Å²) in [4.78, 5) is 42.3. The lowest BCUT2D eigenvalue weighted by molar-refractivity contribution is -0.121. The predicted octanol–water partition coefficient (Wildman–Crippen LogP) is 4.69. The molecule has 2 aliphatic rings. The van der Waals surface area contributed by atoms with Crippen LogP contribution in [0.5, 0.6) is 0 Å². The molecule has 1 fully saturated rings. The van der Waals surface area contributed by atoms with Gasteiger partial charge in [-0.25, -0.2) is 9.69 Å². The highest BCUT2D eigenvalue weighted by atomic mass is 32.2. The van der Waals surface area contributed by atoms with E-state index < -0.39 is 11.3 Å². The van der Waals surface area contributed by atoms with Crippen LogP contribution in [0.25, 0.3) is 0 Å². The maximum atomic E-state index is 13.6. The summed E-state index contributed by atoms with van der Waals surface area (Å²) in [5.74, 6) is -0.358. The van der Waals surface area contributed by atoms with Crippen LogP contribution < -0.4 is 10.2 Å². The average molecular weight is 523 g/mol. The van der Waals surface area contributed by atoms with Gasteiger partial charge in [0.25, 0.3) is 5.91 Å². The van der Waals surface area contributed by atoms with Crippen molar-refractivity contribution in [3.63, 3.8) is 0 Å². The fourth-order valence-electron chi connectivity index (χ4n) is 4.55. The molecule has 7 nitrogen and oxygen atoms in total. The van der Waals surface area contributed by atoms with E-state index in [-0.39, 0.29) is 24.3 Å². The number of amides is 4. The zero-order valence-corrected chi connectivity index (χ0v) is 21.7. The van der Waals surface area contributed by atoms with Crippen LogP contribution in [0.15, 0.2) is 84.3 Å². The minimum absolute atomic E-state index is 0.103. The van der Waals surface area contributed by atoms with E-state index >= 15 is 0 Å². The largest absolute Gasteiger partial charge is 0.352 e. The fourth-order valence-corrected chi connectivity index (χ4v) is 5.59. The van der Waals surface area contributed by atoms with Crippen molar-refractivity contribution < 1.29 is 14.4 Å². The zero-order valence-electron chi connectivity index (χ0n) is 20.8. The van der Waals surface area contributed by atoms with Gasteiger partial charge in [-0.05, 0) is 53.3 Å². The van der Waals surface area contributed by atoms with E-state index in [1.165, 1.54) is 22.2 Å². The van der Waals surface area contributed by atoms with E-state index in [1.54, 1.807) is 41.3 Å². The number of thioether (sulfide) groups is 1. The molecule has 2 aliphatic heterocycles. The molecule has 2 unspecified atom stereocenters. The van der Waals surface area contributed by atoms with Crippen molar-refractivity contribution in [2.24, 2.45) is 0 Å². The van der Waals surface area contributed by atoms with Gasteiger partial charge in [0, 0.05) is 13.1 Å². The lowest BCUT2D eigenvalue weighted by Crippen LogP contribution is -2.61. The van der Waals surface area contributed by atoms with Gasteiger partial charge in [-0.15, -0.1) is 11.8 Å². The topological polar surface area (TPSA) is 93.5 Å². The number of anilines is 1. The first-order valence-electron chi connectivity index (χ1n) is 12.3. The molecule has 4 amide bonds. The van der Waals surface area contributed by atoms with Crippen molar-refractivity contribution in [3.8, 4) is 6.07 Å². The number of aryl methyl sites for hydroxylation is 1. The Bertz CT molecular complexity index is 1430. The van der Waals surface area contributed by atoms with Crippen LogP contribution in [-0.2, 0) is 29.1 Å². The molecule has 3 aromatic rings. The van der Waals surface area contributed by atoms with Crippen LogP contribution in [0.2, 0.25) is 0 Å². The van der Waals surface area contributed by atoms with Crippen LogP contribution in [-0.4, -0.2) is 34.0 Å². The summed E-state index contributed by atoms with van der Waals surface area (Å²) in [6, 6.07) is 23.5. The second-order valence-corrected chi connectivity index (χ2v) is 10.4. The quantitative estimate of drug-likeness (QED) is 0.486. The van der Waals surface area contributed by atoms with Gasteiger partial charge in [0.1, 0.15) is 5.25 Å². The molecule has 0 spiro atoms. The molecule has 1 saturated heterocycles. The van der Waals surface area contributed by atoms with Crippen molar-refractivity contribution in [3.05, 3.63) is 112 Å². The van der Waals surface area contributed by atoms with Gasteiger partial charge in [-0.2, -0.15) is 5.26 Å². The summed E-state index contributed by atoms with van der Waals surface area (Å²) in [5.41, 5.74) is 4.89. The van der Waals surface area contributed by atoms with Gasteiger partial charge >= 0.3 is 6.03 Å². The molecule has 0 radical (unpaired) electrons. The second kappa shape index (κ2) is 11.0. The van der Waals surface area contributed by atoms with Gasteiger partial charge in [0.2, 0.25) is 5.91 Å². The molecule has 5 rings (SSSR count). The molecular weight excluding hydrogens is 496 g/mol. The number of benzene rings is 3. The molecule has 0 aromatic heterocycles. The molecule has 0 bridgehead atoms. The zero-order chi connectivity index (χ0) is 26.6. The number of nitrogens with one attached hydrogen (secondary N) is 1. The van der Waals surface area contributed by atoms with Gasteiger partial charge in [0.05, 0.1) is 29.8 Å². The number of hydrogen-bond donors (Lipinski definition) is 1. The minimum atomic E-state index is -0.418. The Morgan fingerprint density at radius 2 is 1.61 bits per heavy atom. The summed E-state index contributed by atoms with van der Waals surface area (Å²) < 4.78 is 0. The standard InChI is InChI=1S/C30H26N4O3S/c1-20-2-4-23(5-3-20)18-32-27(35)16-21-10-12-25(13-11-21)34-29(36)28-26(14-15-38-28)33(30(34)37)19-24-8-6-22(17-31)7-9-24/h2-15,26,28H,16,18-19H2,1H3,(H,32,35). The van der Waals surface area contributed by atoms with Crippen LogP contribution in [0.1, 0.15) is 27.8 Å². The molecule has 0 saturated carbocycles. The van der Waals surface area contributed by atoms with Crippen LogP contribution in [0.4, 0.5) is 10.5 Å². The smallest absolute Gasteiger partial charge is 0.332 e. The summed E-state index contributed by atoms with van der Waals surface area (Å²) in [7, 11) is 0. The number of imide groups is 1. The number of urea groups is 1. The first-order chi connectivity index (χ1) is 18.4. The number of fused-ring (bicyclic) bond motifs is 1. The van der Waals surface area contributed by atoms with Crippen LogP contribution in [0.3, 0.4) is 0 Å². The highest BCUT2D eigenvalue weighted by Crippen LogP contribution is 2.37. The van der Waals surface area contributed by atoms with Crippen molar-refractivity contribution in [1.29, 1.82) is 5.26 Å². The number of carbonyl (C=O) groups excluding carboxylic acids is 3. The molecule has 3 aromatic carbocycles. The van der Waals surface area contributed by atoms with E-state index in [9.17, 15) is 14.4 Å². The Labute approximate surface area is 225 Å². The van der Waals surface area contributed by atoms with E-state index in [4.69, 9.17) is 5.26 Å². The molecule has 2 heterocycles. The monoisotopic (exact) mass is 522 g/mol. The molecule has 38 heavy (non-hydrogen) atoms. The highest BCUT2D eigenvalue weighted by molar-refractivity contribution is 8.03. The number of rotatable bonds is 7. The van der Waals surface area contributed by atoms with Crippen molar-refractivity contribution in [2.75, 3.05) is 4.90 Å². The molecule has 2 atom stereocenters. The third-order valence-electron chi connectivity index (χ3n) is 6.68. The third-order valence-corrected chi connectivity index (χ3v) is 7.77. The van der Waals surface area contributed by atoms with Gasteiger partial charge < -0.3 is 10.2 Å². The lowest BCUT2D eigenvalue weighted by Gasteiger charge is -2.41. The molecule has 8 heteroatoms. The summed E-state index contributed by atoms with van der Waals surface area (Å²) in [5, 5.41) is 13.4. The first-order valence-corrected chi connectivity index (χ1v) is 13.2. The van der Waals surface area contributed by atoms with Gasteiger partial charge in [0.15, 0.2) is 0 Å². The third kappa shape index (κ3) is 5.34. The van der Waals surface area contributed by atoms with Crippen LogP contribution >= 0.6 is 11.8 Å². The van der Waals surface area contributed by atoms with Gasteiger partial charge in [-0.1, -0.05) is 60.2 Å². The number of nitriles is 1. The Morgan fingerprint density at radius 1 is 0.947 bits per heavy atom. The summed E-state index contributed by atoms with van der Waals surface area (Å²) >= 11 is 1.41. The van der Waals surface area contributed by atoms with Crippen molar-refractivity contribution >= 4 is 35.3 Å². The Morgan fingerprint density at radius 3 is 2.29 bits per heavy atom. The SMILES string of the molecule is Cc1ccc(CNC(=O)Cc2ccc(N3C(=O)C4SC=CC4N(Cc4ccc(C#N)cc4)C3=O)cc2)cc1. The Kier molecular flexibility index (Phi) is 7.29. The fraction of sp³-hybridized carbons (Fsp3) is 0.200. The van der Waals surface area contributed by atoms with Crippen molar-refractivity contribution in [1.82, 2.24) is 10.2 Å². The molecule has 190 valence electrons. The predicted molar refractivity (Wildman–Crippen MR) is 147 cm³/mol. The maximum absolute atomic E-state index is 13.6. The van der Waals surface area contributed by atoms with Crippen LogP contribution in [0, 0.1) is 18.3 Å². The molecule has 1 N–H and O–H groups in total. The average Bonchev–Trinajstić information content (AvgIpc) is 3.42. The Balaban J connectivity index is 1.28. The number of carbonyl (C=O) groups is 3. The van der Waals surface area contributed by atoms with E-state index in [0.717, 1.165) is 16.7 Å². The highest BCUT2D eigenvalue weighted by Gasteiger charge is 2.47. The number of nitrogens with zero attached hydrogens (tertiary/aromatic N) is 3. The number of hydrogen-bond acceptors (Lipinski definition) is 5. The first kappa shape index (κ1) is 25.3. The van der Waals surface area contributed by atoms with Crippen molar-refractivity contribution in [2.45, 2.75) is 37.7 Å².